The number of carbonyl (C=O) groups excluding carboxylic acids is 1. The highest BCUT2D eigenvalue weighted by atomic mass is 35.5. The normalized spacial score (nSPS) is 23.4. The third-order valence-corrected chi connectivity index (χ3v) is 4.60. The maximum Gasteiger partial charge on any atom is 0.255 e. The Morgan fingerprint density at radius 2 is 2.05 bits per heavy atom. The second-order valence-electron chi connectivity index (χ2n) is 5.60. The van der Waals surface area contributed by atoms with E-state index in [2.05, 4.69) is 4.90 Å². The highest BCUT2D eigenvalue weighted by Crippen LogP contribution is 2.26. The van der Waals surface area contributed by atoms with Gasteiger partial charge in [0, 0.05) is 25.7 Å². The predicted molar refractivity (Wildman–Crippen MR) is 78.2 cm³/mol. The number of hydrogen-bond acceptors (Lipinski definition) is 3. The SMILES string of the molecule is O=C(c1cc(O)ccc1Cl)N1CCCN2CCCC2C1. The van der Waals surface area contributed by atoms with Crippen LogP contribution >= 0.6 is 11.6 Å². The lowest BCUT2D eigenvalue weighted by Gasteiger charge is -2.26. The molecule has 1 aromatic carbocycles. The minimum atomic E-state index is -0.0698. The Kier molecular flexibility index (Phi) is 3.85. The van der Waals surface area contributed by atoms with Crippen LogP contribution < -0.4 is 0 Å². The van der Waals surface area contributed by atoms with Crippen LogP contribution in [0.3, 0.4) is 0 Å². The van der Waals surface area contributed by atoms with E-state index >= 15 is 0 Å². The number of aromatic hydroxyl groups is 1. The smallest absolute Gasteiger partial charge is 0.255 e. The molecule has 1 aromatic rings. The van der Waals surface area contributed by atoms with Crippen molar-refractivity contribution in [1.29, 1.82) is 0 Å². The van der Waals surface area contributed by atoms with Crippen molar-refractivity contribution in [3.8, 4) is 5.75 Å². The van der Waals surface area contributed by atoms with E-state index in [9.17, 15) is 9.90 Å². The van der Waals surface area contributed by atoms with Crippen molar-refractivity contribution in [3.63, 3.8) is 0 Å². The van der Waals surface area contributed by atoms with Crippen LogP contribution in [0.15, 0.2) is 18.2 Å². The standard InChI is InChI=1S/C15H19ClN2O2/c16-14-5-4-12(19)9-13(14)15(20)18-8-2-7-17-6-1-3-11(17)10-18/h4-5,9,11,19H,1-3,6-8,10H2. The minimum absolute atomic E-state index is 0.0698. The molecular formula is C15H19ClN2O2. The molecule has 2 fully saturated rings. The highest BCUT2D eigenvalue weighted by Gasteiger charge is 2.31. The summed E-state index contributed by atoms with van der Waals surface area (Å²) in [4.78, 5) is 17.0. The Morgan fingerprint density at radius 1 is 1.25 bits per heavy atom. The van der Waals surface area contributed by atoms with E-state index < -0.39 is 0 Å². The van der Waals surface area contributed by atoms with E-state index in [0.29, 0.717) is 16.6 Å². The van der Waals surface area contributed by atoms with Crippen LogP contribution in [0.5, 0.6) is 5.75 Å². The summed E-state index contributed by atoms with van der Waals surface area (Å²) >= 11 is 6.09. The van der Waals surface area contributed by atoms with Crippen molar-refractivity contribution >= 4 is 17.5 Å². The average molecular weight is 295 g/mol. The zero-order valence-electron chi connectivity index (χ0n) is 11.4. The Morgan fingerprint density at radius 3 is 2.90 bits per heavy atom. The molecule has 0 bridgehead atoms. The molecule has 1 unspecified atom stereocenters. The van der Waals surface area contributed by atoms with E-state index in [4.69, 9.17) is 11.6 Å². The number of carbonyl (C=O) groups is 1. The van der Waals surface area contributed by atoms with Crippen LogP contribution in [-0.2, 0) is 0 Å². The largest absolute Gasteiger partial charge is 0.508 e. The summed E-state index contributed by atoms with van der Waals surface area (Å²) in [5, 5.41) is 9.96. The molecule has 0 aromatic heterocycles. The number of nitrogens with zero attached hydrogens (tertiary/aromatic N) is 2. The van der Waals surface area contributed by atoms with E-state index in [1.807, 2.05) is 4.90 Å². The number of benzene rings is 1. The lowest BCUT2D eigenvalue weighted by Crippen LogP contribution is -2.39. The molecule has 0 radical (unpaired) electrons. The van der Waals surface area contributed by atoms with Gasteiger partial charge in [0.05, 0.1) is 10.6 Å². The first-order valence-corrected chi connectivity index (χ1v) is 7.55. The van der Waals surface area contributed by atoms with Gasteiger partial charge in [-0.05, 0) is 44.0 Å². The number of phenolic OH excluding ortho intramolecular Hbond substituents is 1. The van der Waals surface area contributed by atoms with Crippen LogP contribution in [-0.4, -0.2) is 53.0 Å². The molecule has 1 atom stereocenters. The third-order valence-electron chi connectivity index (χ3n) is 4.27. The van der Waals surface area contributed by atoms with Crippen molar-refractivity contribution < 1.29 is 9.90 Å². The Bertz CT molecular complexity index is 521. The lowest BCUT2D eigenvalue weighted by molar-refractivity contribution is 0.0743. The highest BCUT2D eigenvalue weighted by molar-refractivity contribution is 6.33. The summed E-state index contributed by atoms with van der Waals surface area (Å²) in [6.07, 6.45) is 3.38. The second-order valence-corrected chi connectivity index (χ2v) is 6.01. The summed E-state index contributed by atoms with van der Waals surface area (Å²) < 4.78 is 0. The molecule has 1 amide bonds. The van der Waals surface area contributed by atoms with Gasteiger partial charge in [0.2, 0.25) is 0 Å². The molecule has 5 heteroatoms. The zero-order valence-corrected chi connectivity index (χ0v) is 12.1. The Labute approximate surface area is 123 Å². The topological polar surface area (TPSA) is 43.8 Å². The zero-order chi connectivity index (χ0) is 14.1. The minimum Gasteiger partial charge on any atom is -0.508 e. The molecule has 0 saturated carbocycles. The fourth-order valence-corrected chi connectivity index (χ4v) is 3.44. The van der Waals surface area contributed by atoms with E-state index in [1.165, 1.54) is 18.6 Å². The number of phenols is 1. The fourth-order valence-electron chi connectivity index (χ4n) is 3.24. The third kappa shape index (κ3) is 2.63. The molecule has 3 rings (SSSR count). The number of fused-ring (bicyclic) bond motifs is 1. The first-order chi connectivity index (χ1) is 9.65. The average Bonchev–Trinajstić information content (AvgIpc) is 2.78. The summed E-state index contributed by atoms with van der Waals surface area (Å²) in [7, 11) is 0. The lowest BCUT2D eigenvalue weighted by atomic mass is 10.1. The molecular weight excluding hydrogens is 276 g/mol. The van der Waals surface area contributed by atoms with Gasteiger partial charge in [-0.1, -0.05) is 11.6 Å². The maximum absolute atomic E-state index is 12.6. The Balaban J connectivity index is 1.80. The predicted octanol–water partition coefficient (Wildman–Crippen LogP) is 2.36. The fraction of sp³-hybridized carbons (Fsp3) is 0.533. The summed E-state index contributed by atoms with van der Waals surface area (Å²) in [5.74, 6) is 0.00900. The van der Waals surface area contributed by atoms with Gasteiger partial charge >= 0.3 is 0 Å². The van der Waals surface area contributed by atoms with Crippen LogP contribution in [0.1, 0.15) is 29.6 Å². The van der Waals surface area contributed by atoms with Gasteiger partial charge in [0.15, 0.2) is 0 Å². The van der Waals surface area contributed by atoms with Crippen molar-refractivity contribution in [1.82, 2.24) is 9.80 Å². The molecule has 0 aliphatic carbocycles. The number of amides is 1. The van der Waals surface area contributed by atoms with Gasteiger partial charge in [-0.2, -0.15) is 0 Å². The van der Waals surface area contributed by atoms with Crippen LogP contribution in [0.25, 0.3) is 0 Å². The molecule has 1 N–H and O–H groups in total. The molecule has 2 saturated heterocycles. The molecule has 20 heavy (non-hydrogen) atoms. The number of halogens is 1. The summed E-state index contributed by atoms with van der Waals surface area (Å²) in [6, 6.07) is 5.02. The van der Waals surface area contributed by atoms with Crippen molar-refractivity contribution in [2.75, 3.05) is 26.2 Å². The van der Waals surface area contributed by atoms with Crippen LogP contribution in [0.4, 0.5) is 0 Å². The van der Waals surface area contributed by atoms with E-state index in [-0.39, 0.29) is 11.7 Å². The first kappa shape index (κ1) is 13.7. The quantitative estimate of drug-likeness (QED) is 0.865. The van der Waals surface area contributed by atoms with Gasteiger partial charge in [-0.15, -0.1) is 0 Å². The molecule has 2 heterocycles. The van der Waals surface area contributed by atoms with Crippen molar-refractivity contribution in [2.24, 2.45) is 0 Å². The monoisotopic (exact) mass is 294 g/mol. The van der Waals surface area contributed by atoms with E-state index in [1.54, 1.807) is 6.07 Å². The van der Waals surface area contributed by atoms with Gasteiger partial charge in [0.1, 0.15) is 5.75 Å². The summed E-state index contributed by atoms with van der Waals surface area (Å²) in [6.45, 7) is 3.75. The number of rotatable bonds is 1. The van der Waals surface area contributed by atoms with Gasteiger partial charge < -0.3 is 10.0 Å². The summed E-state index contributed by atoms with van der Waals surface area (Å²) in [5.41, 5.74) is 0.401. The van der Waals surface area contributed by atoms with Gasteiger partial charge in [0.25, 0.3) is 5.91 Å². The molecule has 2 aliphatic heterocycles. The van der Waals surface area contributed by atoms with Gasteiger partial charge in [-0.3, -0.25) is 9.69 Å². The van der Waals surface area contributed by atoms with Crippen molar-refractivity contribution in [2.45, 2.75) is 25.3 Å². The molecule has 0 spiro atoms. The Hall–Kier alpha value is -1.26. The number of hydrogen-bond donors (Lipinski definition) is 1. The van der Waals surface area contributed by atoms with Crippen molar-refractivity contribution in [3.05, 3.63) is 28.8 Å². The second kappa shape index (κ2) is 5.62. The molecule has 2 aliphatic rings. The molecule has 4 nitrogen and oxygen atoms in total. The molecule has 108 valence electrons. The van der Waals surface area contributed by atoms with Crippen LogP contribution in [0, 0.1) is 0 Å². The maximum atomic E-state index is 12.6. The first-order valence-electron chi connectivity index (χ1n) is 7.17. The van der Waals surface area contributed by atoms with Gasteiger partial charge in [-0.25, -0.2) is 0 Å². The van der Waals surface area contributed by atoms with Crippen LogP contribution in [0.2, 0.25) is 5.02 Å². The van der Waals surface area contributed by atoms with E-state index in [0.717, 1.165) is 39.0 Å².